The van der Waals surface area contributed by atoms with Gasteiger partial charge in [-0.15, -0.1) is 0 Å². The van der Waals surface area contributed by atoms with Gasteiger partial charge in [-0.05, 0) is 49.6 Å². The van der Waals surface area contributed by atoms with E-state index in [0.717, 1.165) is 13.0 Å². The van der Waals surface area contributed by atoms with Crippen molar-refractivity contribution in [3.05, 3.63) is 48.3 Å². The highest BCUT2D eigenvalue weighted by atomic mass is 16.3. The maximum Gasteiger partial charge on any atom is 0.115 e. The van der Waals surface area contributed by atoms with Crippen LogP contribution in [0.1, 0.15) is 37.3 Å². The zero-order chi connectivity index (χ0) is 14.5. The average molecular weight is 285 g/mol. The summed E-state index contributed by atoms with van der Waals surface area (Å²) in [4.78, 5) is 0. The zero-order valence-corrected chi connectivity index (χ0v) is 12.3. The number of phenols is 1. The standard InChI is InChI=1S/C17H23N3O/c21-15-8-6-14(7-9-15)10-12-18-16-4-1-2-5-17(16)20-13-3-11-19-20/h3,6-9,11,13,16-18,21H,1-2,4-5,10,12H2. The van der Waals surface area contributed by atoms with Gasteiger partial charge in [-0.2, -0.15) is 5.10 Å². The molecule has 2 atom stereocenters. The minimum atomic E-state index is 0.331. The molecule has 1 fully saturated rings. The lowest BCUT2D eigenvalue weighted by atomic mass is 9.90. The predicted octanol–water partition coefficient (Wildman–Crippen LogP) is 2.90. The van der Waals surface area contributed by atoms with Crippen LogP contribution < -0.4 is 5.32 Å². The van der Waals surface area contributed by atoms with E-state index >= 15 is 0 Å². The molecule has 3 rings (SSSR count). The molecule has 4 heteroatoms. The minimum Gasteiger partial charge on any atom is -0.508 e. The molecule has 1 heterocycles. The maximum atomic E-state index is 9.30. The number of hydrogen-bond acceptors (Lipinski definition) is 3. The Hall–Kier alpha value is -1.81. The van der Waals surface area contributed by atoms with Crippen molar-refractivity contribution in [1.82, 2.24) is 15.1 Å². The third-order valence-electron chi connectivity index (χ3n) is 4.35. The van der Waals surface area contributed by atoms with E-state index in [1.165, 1.54) is 31.2 Å². The van der Waals surface area contributed by atoms with E-state index in [0.29, 0.717) is 17.8 Å². The lowest BCUT2D eigenvalue weighted by Crippen LogP contribution is -2.40. The van der Waals surface area contributed by atoms with Crippen molar-refractivity contribution in [3.8, 4) is 5.75 Å². The molecular formula is C17H23N3O. The highest BCUT2D eigenvalue weighted by Crippen LogP contribution is 2.28. The second-order valence-electron chi connectivity index (χ2n) is 5.81. The van der Waals surface area contributed by atoms with Gasteiger partial charge in [-0.3, -0.25) is 4.68 Å². The third-order valence-corrected chi connectivity index (χ3v) is 4.35. The molecule has 0 bridgehead atoms. The number of nitrogens with zero attached hydrogens (tertiary/aromatic N) is 2. The monoisotopic (exact) mass is 285 g/mol. The van der Waals surface area contributed by atoms with Crippen molar-refractivity contribution >= 4 is 0 Å². The summed E-state index contributed by atoms with van der Waals surface area (Å²) in [5, 5.41) is 17.4. The van der Waals surface area contributed by atoms with Crippen LogP contribution in [-0.4, -0.2) is 27.5 Å². The molecule has 2 unspecified atom stereocenters. The molecular weight excluding hydrogens is 262 g/mol. The van der Waals surface area contributed by atoms with E-state index in [-0.39, 0.29) is 0 Å². The fourth-order valence-electron chi connectivity index (χ4n) is 3.21. The molecule has 21 heavy (non-hydrogen) atoms. The molecule has 1 aliphatic rings. The summed E-state index contributed by atoms with van der Waals surface area (Å²) in [7, 11) is 0. The quantitative estimate of drug-likeness (QED) is 0.888. The fraction of sp³-hybridized carbons (Fsp3) is 0.471. The van der Waals surface area contributed by atoms with Gasteiger partial charge in [0.15, 0.2) is 0 Å². The van der Waals surface area contributed by atoms with Crippen LogP contribution in [-0.2, 0) is 6.42 Å². The van der Waals surface area contributed by atoms with E-state index in [4.69, 9.17) is 0 Å². The number of nitrogens with one attached hydrogen (secondary N) is 1. The first kappa shape index (κ1) is 14.1. The van der Waals surface area contributed by atoms with E-state index in [9.17, 15) is 5.11 Å². The van der Waals surface area contributed by atoms with E-state index < -0.39 is 0 Å². The normalized spacial score (nSPS) is 22.3. The third kappa shape index (κ3) is 3.64. The molecule has 4 nitrogen and oxygen atoms in total. The number of phenolic OH excluding ortho intramolecular Hbond substituents is 1. The molecule has 0 amide bonds. The van der Waals surface area contributed by atoms with Gasteiger partial charge in [0.2, 0.25) is 0 Å². The van der Waals surface area contributed by atoms with Crippen LogP contribution in [0.2, 0.25) is 0 Å². The van der Waals surface area contributed by atoms with Crippen molar-refractivity contribution in [2.75, 3.05) is 6.54 Å². The van der Waals surface area contributed by atoms with E-state index in [1.807, 2.05) is 24.4 Å². The molecule has 0 aliphatic heterocycles. The van der Waals surface area contributed by atoms with E-state index in [1.54, 1.807) is 12.1 Å². The lowest BCUT2D eigenvalue weighted by Gasteiger charge is -2.32. The van der Waals surface area contributed by atoms with Crippen molar-refractivity contribution in [2.24, 2.45) is 0 Å². The Bertz CT molecular complexity index is 536. The Morgan fingerprint density at radius 2 is 2.00 bits per heavy atom. The zero-order valence-electron chi connectivity index (χ0n) is 12.3. The van der Waals surface area contributed by atoms with Gasteiger partial charge in [0.1, 0.15) is 5.75 Å². The molecule has 1 aromatic heterocycles. The highest BCUT2D eigenvalue weighted by molar-refractivity contribution is 5.26. The summed E-state index contributed by atoms with van der Waals surface area (Å²) in [5.74, 6) is 0.331. The number of benzene rings is 1. The second kappa shape index (κ2) is 6.76. The highest BCUT2D eigenvalue weighted by Gasteiger charge is 2.26. The summed E-state index contributed by atoms with van der Waals surface area (Å²) in [6.07, 6.45) is 9.95. The summed E-state index contributed by atoms with van der Waals surface area (Å²) >= 11 is 0. The Morgan fingerprint density at radius 1 is 1.19 bits per heavy atom. The molecule has 112 valence electrons. The first-order valence-electron chi connectivity index (χ1n) is 7.83. The lowest BCUT2D eigenvalue weighted by molar-refractivity contribution is 0.248. The first-order valence-corrected chi connectivity index (χ1v) is 7.83. The Morgan fingerprint density at radius 3 is 2.76 bits per heavy atom. The average Bonchev–Trinajstić information content (AvgIpc) is 3.04. The van der Waals surface area contributed by atoms with Crippen LogP contribution in [0.4, 0.5) is 0 Å². The molecule has 0 radical (unpaired) electrons. The summed E-state index contributed by atoms with van der Waals surface area (Å²) in [6.45, 7) is 0.965. The Balaban J connectivity index is 1.54. The van der Waals surface area contributed by atoms with Gasteiger partial charge in [-0.1, -0.05) is 25.0 Å². The largest absolute Gasteiger partial charge is 0.508 e. The fourth-order valence-corrected chi connectivity index (χ4v) is 3.21. The molecule has 1 aromatic carbocycles. The number of rotatable bonds is 5. The molecule has 1 aliphatic carbocycles. The topological polar surface area (TPSA) is 50.1 Å². The van der Waals surface area contributed by atoms with Crippen LogP contribution in [0.25, 0.3) is 0 Å². The van der Waals surface area contributed by atoms with Crippen LogP contribution in [0.5, 0.6) is 5.75 Å². The molecule has 2 N–H and O–H groups in total. The summed E-state index contributed by atoms with van der Waals surface area (Å²) in [5.41, 5.74) is 1.26. The van der Waals surface area contributed by atoms with Crippen LogP contribution in [0.3, 0.4) is 0 Å². The Kier molecular flexibility index (Phi) is 4.55. The van der Waals surface area contributed by atoms with Crippen molar-refractivity contribution < 1.29 is 5.11 Å². The number of aromatic hydroxyl groups is 1. The summed E-state index contributed by atoms with van der Waals surface area (Å²) in [6, 6.07) is 10.5. The van der Waals surface area contributed by atoms with Crippen molar-refractivity contribution in [2.45, 2.75) is 44.2 Å². The SMILES string of the molecule is Oc1ccc(CCNC2CCCCC2n2cccn2)cc1. The van der Waals surface area contributed by atoms with Gasteiger partial charge in [0, 0.05) is 18.4 Å². The van der Waals surface area contributed by atoms with Gasteiger partial charge >= 0.3 is 0 Å². The van der Waals surface area contributed by atoms with Gasteiger partial charge in [0.05, 0.1) is 6.04 Å². The molecule has 0 spiro atoms. The molecule has 1 saturated carbocycles. The summed E-state index contributed by atoms with van der Waals surface area (Å²) < 4.78 is 2.11. The second-order valence-corrected chi connectivity index (χ2v) is 5.81. The van der Waals surface area contributed by atoms with Crippen LogP contribution in [0.15, 0.2) is 42.7 Å². The van der Waals surface area contributed by atoms with E-state index in [2.05, 4.69) is 21.3 Å². The van der Waals surface area contributed by atoms with Gasteiger partial charge < -0.3 is 10.4 Å². The van der Waals surface area contributed by atoms with Crippen molar-refractivity contribution in [3.63, 3.8) is 0 Å². The maximum absolute atomic E-state index is 9.30. The molecule has 0 saturated heterocycles. The first-order chi connectivity index (χ1) is 10.3. The number of aromatic nitrogens is 2. The van der Waals surface area contributed by atoms with Crippen LogP contribution in [0, 0.1) is 0 Å². The van der Waals surface area contributed by atoms with Crippen LogP contribution >= 0.6 is 0 Å². The smallest absolute Gasteiger partial charge is 0.115 e. The predicted molar refractivity (Wildman–Crippen MR) is 83.3 cm³/mol. The van der Waals surface area contributed by atoms with Crippen molar-refractivity contribution in [1.29, 1.82) is 0 Å². The Labute approximate surface area is 125 Å². The molecule has 2 aromatic rings. The number of hydrogen-bond donors (Lipinski definition) is 2. The van der Waals surface area contributed by atoms with Gasteiger partial charge in [0.25, 0.3) is 0 Å². The minimum absolute atomic E-state index is 0.331. The van der Waals surface area contributed by atoms with Gasteiger partial charge in [-0.25, -0.2) is 0 Å².